The molecule has 0 bridgehead atoms. The second-order valence-electron chi connectivity index (χ2n) is 6.82. The number of sulfonamides is 1. The van der Waals surface area contributed by atoms with Crippen LogP contribution in [0, 0.1) is 0 Å². The number of aliphatic carboxylic acids is 1. The maximum atomic E-state index is 12.7. The largest absolute Gasteiger partial charge is 0.480 e. The minimum absolute atomic E-state index is 0.0251. The highest BCUT2D eigenvalue weighted by molar-refractivity contribution is 7.91. The van der Waals surface area contributed by atoms with Gasteiger partial charge in [0.05, 0.1) is 5.00 Å². The van der Waals surface area contributed by atoms with Crippen LogP contribution in [0.5, 0.6) is 0 Å². The van der Waals surface area contributed by atoms with E-state index >= 15 is 0 Å². The molecular weight excluding hydrogens is 440 g/mol. The van der Waals surface area contributed by atoms with Crippen molar-refractivity contribution in [1.29, 1.82) is 0 Å². The first kappa shape index (κ1) is 20.9. The lowest BCUT2D eigenvalue weighted by molar-refractivity contribution is -0.137. The molecule has 2 heterocycles. The summed E-state index contributed by atoms with van der Waals surface area (Å²) in [7, 11) is -3.89. The summed E-state index contributed by atoms with van der Waals surface area (Å²) in [5.41, 5.74) is 1.56. The summed E-state index contributed by atoms with van der Waals surface area (Å²) >= 11 is 0.869. The van der Waals surface area contributed by atoms with Gasteiger partial charge in [0.15, 0.2) is 5.78 Å². The van der Waals surface area contributed by atoms with E-state index in [1.54, 1.807) is 48.5 Å². The van der Waals surface area contributed by atoms with Gasteiger partial charge in [0.2, 0.25) is 0 Å². The fraction of sp³-hybridized carbons (Fsp3) is 0.0952. The maximum Gasteiger partial charge on any atom is 0.318 e. The second kappa shape index (κ2) is 8.06. The Morgan fingerprint density at radius 2 is 1.65 bits per heavy atom. The number of carboxylic acid groups (broad SMARTS) is 1. The summed E-state index contributed by atoms with van der Waals surface area (Å²) in [6, 6.07) is 16.5. The molecule has 0 aliphatic carbocycles. The van der Waals surface area contributed by atoms with Crippen LogP contribution in [0.1, 0.15) is 31.8 Å². The van der Waals surface area contributed by atoms with Crippen molar-refractivity contribution in [3.63, 3.8) is 0 Å². The lowest BCUT2D eigenvalue weighted by Gasteiger charge is -2.11. The molecule has 0 spiro atoms. The van der Waals surface area contributed by atoms with Gasteiger partial charge in [-0.15, -0.1) is 11.3 Å². The Morgan fingerprint density at radius 3 is 2.32 bits per heavy atom. The van der Waals surface area contributed by atoms with Crippen LogP contribution in [0.25, 0.3) is 0 Å². The van der Waals surface area contributed by atoms with Gasteiger partial charge >= 0.3 is 5.97 Å². The quantitative estimate of drug-likeness (QED) is 0.550. The molecule has 0 fully saturated rings. The highest BCUT2D eigenvalue weighted by Crippen LogP contribution is 2.39. The summed E-state index contributed by atoms with van der Waals surface area (Å²) in [4.78, 5) is 36.1. The highest BCUT2D eigenvalue weighted by Gasteiger charge is 2.38. The first-order chi connectivity index (χ1) is 14.8. The Morgan fingerprint density at radius 1 is 0.968 bits per heavy atom. The number of amides is 1. The number of rotatable bonds is 6. The molecule has 1 amide bonds. The van der Waals surface area contributed by atoms with Gasteiger partial charge in [-0.25, -0.2) is 8.42 Å². The first-order valence-corrected chi connectivity index (χ1v) is 11.4. The van der Waals surface area contributed by atoms with Crippen molar-refractivity contribution in [2.75, 3.05) is 11.9 Å². The first-order valence-electron chi connectivity index (χ1n) is 9.11. The fourth-order valence-electron chi connectivity index (χ4n) is 3.23. The van der Waals surface area contributed by atoms with Gasteiger partial charge < -0.3 is 10.4 Å². The van der Waals surface area contributed by atoms with E-state index in [9.17, 15) is 22.8 Å². The highest BCUT2D eigenvalue weighted by atomic mass is 32.2. The van der Waals surface area contributed by atoms with E-state index in [4.69, 9.17) is 5.11 Å². The molecule has 10 heteroatoms. The number of carbonyl (C=O) groups excluding carboxylic acids is 2. The normalized spacial score (nSPS) is 14.7. The van der Waals surface area contributed by atoms with Crippen molar-refractivity contribution < 1.29 is 27.9 Å². The number of hydrogen-bond acceptors (Lipinski definition) is 6. The molecule has 2 aromatic carbocycles. The minimum Gasteiger partial charge on any atom is -0.480 e. The zero-order chi connectivity index (χ0) is 22.2. The molecule has 31 heavy (non-hydrogen) atoms. The van der Waals surface area contributed by atoms with Gasteiger partial charge in [-0.2, -0.15) is 4.31 Å². The van der Waals surface area contributed by atoms with Crippen molar-refractivity contribution in [2.24, 2.45) is 0 Å². The van der Waals surface area contributed by atoms with Crippen molar-refractivity contribution in [3.05, 3.63) is 82.9 Å². The molecule has 1 aliphatic heterocycles. The predicted octanol–water partition coefficient (Wildman–Crippen LogP) is 2.82. The molecule has 0 radical (unpaired) electrons. The number of fused-ring (bicyclic) bond motifs is 1. The van der Waals surface area contributed by atoms with Crippen LogP contribution >= 0.6 is 11.3 Å². The average Bonchev–Trinajstić information content (AvgIpc) is 3.25. The number of carboxylic acids is 1. The number of nitrogens with one attached hydrogen (secondary N) is 1. The number of anilines is 1. The van der Waals surface area contributed by atoms with E-state index < -0.39 is 28.4 Å². The summed E-state index contributed by atoms with van der Waals surface area (Å²) in [5, 5.41) is 11.9. The molecule has 158 valence electrons. The van der Waals surface area contributed by atoms with Gasteiger partial charge in [-0.1, -0.05) is 42.5 Å². The molecule has 2 N–H and O–H groups in total. The maximum absolute atomic E-state index is 12.7. The average molecular weight is 457 g/mol. The topological polar surface area (TPSA) is 121 Å². The smallest absolute Gasteiger partial charge is 0.318 e. The third-order valence-corrected chi connectivity index (χ3v) is 8.10. The molecule has 0 unspecified atom stereocenters. The summed E-state index contributed by atoms with van der Waals surface area (Å²) in [5.74, 6) is -1.94. The van der Waals surface area contributed by atoms with Crippen LogP contribution in [-0.2, 0) is 21.4 Å². The lowest BCUT2D eigenvalue weighted by atomic mass is 10.0. The van der Waals surface area contributed by atoms with Crippen molar-refractivity contribution in [1.82, 2.24) is 4.31 Å². The third kappa shape index (κ3) is 4.13. The number of nitrogens with zero attached hydrogens (tertiary/aromatic N) is 1. The molecule has 3 aromatic rings. The molecule has 4 rings (SSSR count). The summed E-state index contributed by atoms with van der Waals surface area (Å²) in [6.45, 7) is -0.676. The number of benzene rings is 2. The van der Waals surface area contributed by atoms with E-state index in [-0.39, 0.29) is 22.1 Å². The Hall–Kier alpha value is -3.34. The van der Waals surface area contributed by atoms with Gasteiger partial charge in [0.25, 0.3) is 15.9 Å². The molecule has 1 aliphatic rings. The monoisotopic (exact) mass is 456 g/mol. The van der Waals surface area contributed by atoms with Crippen LogP contribution in [-0.4, -0.2) is 42.0 Å². The number of carbonyl (C=O) groups is 3. The van der Waals surface area contributed by atoms with Crippen molar-refractivity contribution in [3.8, 4) is 0 Å². The van der Waals surface area contributed by atoms with Crippen LogP contribution in [0.2, 0.25) is 0 Å². The van der Waals surface area contributed by atoms with E-state index in [1.807, 2.05) is 0 Å². The predicted molar refractivity (Wildman–Crippen MR) is 114 cm³/mol. The number of hydrogen-bond donors (Lipinski definition) is 2. The van der Waals surface area contributed by atoms with Crippen LogP contribution in [0.15, 0.2) is 64.9 Å². The Labute approximate surface area is 181 Å². The van der Waals surface area contributed by atoms with E-state index in [2.05, 4.69) is 5.32 Å². The van der Waals surface area contributed by atoms with E-state index in [0.717, 1.165) is 15.6 Å². The van der Waals surface area contributed by atoms with E-state index in [0.29, 0.717) is 21.7 Å². The fourth-order valence-corrected chi connectivity index (χ4v) is 6.31. The second-order valence-corrected chi connectivity index (χ2v) is 10.0. The standard InChI is InChI=1S/C21H16N2O6S2/c24-18(25)12-23-11-16-10-17(30-21(16)31(23,28)29)22-20(27)15-8-4-7-14(9-15)19(26)13-5-2-1-3-6-13/h1-10H,11-12H2,(H,22,27)(H,24,25). The molecular formula is C21H16N2O6S2. The number of thiophene rings is 1. The summed E-state index contributed by atoms with van der Waals surface area (Å²) < 4.78 is 25.8. The van der Waals surface area contributed by atoms with Crippen LogP contribution in [0.4, 0.5) is 5.00 Å². The lowest BCUT2D eigenvalue weighted by Crippen LogP contribution is -2.30. The van der Waals surface area contributed by atoms with Gasteiger partial charge in [-0.3, -0.25) is 14.4 Å². The summed E-state index contributed by atoms with van der Waals surface area (Å²) in [6.07, 6.45) is 0. The van der Waals surface area contributed by atoms with E-state index in [1.165, 1.54) is 12.1 Å². The molecule has 0 atom stereocenters. The van der Waals surface area contributed by atoms with Crippen molar-refractivity contribution in [2.45, 2.75) is 10.8 Å². The van der Waals surface area contributed by atoms with Crippen LogP contribution < -0.4 is 5.32 Å². The number of ketones is 1. The zero-order valence-electron chi connectivity index (χ0n) is 15.9. The van der Waals surface area contributed by atoms with Crippen LogP contribution in [0.3, 0.4) is 0 Å². The zero-order valence-corrected chi connectivity index (χ0v) is 17.6. The Kier molecular flexibility index (Phi) is 5.44. The molecule has 0 saturated carbocycles. The molecule has 0 saturated heterocycles. The molecule has 8 nitrogen and oxygen atoms in total. The molecule has 1 aromatic heterocycles. The Balaban J connectivity index is 1.52. The SMILES string of the molecule is O=C(O)CN1Cc2cc(NC(=O)c3cccc(C(=O)c4ccccc4)c3)sc2S1(=O)=O. The van der Waals surface area contributed by atoms with Gasteiger partial charge in [0, 0.05) is 28.8 Å². The minimum atomic E-state index is -3.89. The van der Waals surface area contributed by atoms with Gasteiger partial charge in [-0.05, 0) is 18.2 Å². The van der Waals surface area contributed by atoms with Gasteiger partial charge in [0.1, 0.15) is 10.8 Å². The Bertz CT molecular complexity index is 1300. The van der Waals surface area contributed by atoms with Crippen molar-refractivity contribution >= 4 is 44.0 Å². The third-order valence-electron chi connectivity index (χ3n) is 4.66.